The van der Waals surface area contributed by atoms with Gasteiger partial charge in [-0.05, 0) is 36.7 Å². The molecule has 8 nitrogen and oxygen atoms in total. The van der Waals surface area contributed by atoms with E-state index in [1.54, 1.807) is 16.3 Å². The zero-order valence-corrected chi connectivity index (χ0v) is 17.8. The summed E-state index contributed by atoms with van der Waals surface area (Å²) in [5, 5.41) is 6.32. The number of fused-ring (bicyclic) bond motifs is 1. The number of amides is 2. The zero-order valence-electron chi connectivity index (χ0n) is 16.2. The molecule has 1 N–H and O–H groups in total. The van der Waals surface area contributed by atoms with Gasteiger partial charge in [-0.1, -0.05) is 6.07 Å². The smallest absolute Gasteiger partial charge is 0.332 e. The number of aromatic nitrogens is 2. The summed E-state index contributed by atoms with van der Waals surface area (Å²) in [6.45, 7) is 4.55. The summed E-state index contributed by atoms with van der Waals surface area (Å²) in [7, 11) is 0. The van der Waals surface area contributed by atoms with Crippen molar-refractivity contribution < 1.29 is 9.59 Å². The number of hydrogen-bond acceptors (Lipinski definition) is 6. The van der Waals surface area contributed by atoms with E-state index >= 15 is 0 Å². The first-order valence-electron chi connectivity index (χ1n) is 9.23. The number of carbonyl (C=O) groups is 2. The predicted octanol–water partition coefficient (Wildman–Crippen LogP) is 1.47. The first-order chi connectivity index (χ1) is 14.0. The molecule has 0 aliphatic rings. The SMILES string of the molecule is CCN(CC)C(=O)Cn1c(=O)n(CC(=O)NCc2cccs2)c(=O)c2sccc21. The molecule has 0 radical (unpaired) electrons. The molecule has 0 spiro atoms. The van der Waals surface area contributed by atoms with Crippen LogP contribution in [0.2, 0.25) is 0 Å². The van der Waals surface area contributed by atoms with Crippen LogP contribution in [0.1, 0.15) is 18.7 Å². The van der Waals surface area contributed by atoms with Crippen LogP contribution in [0.5, 0.6) is 0 Å². The average molecular weight is 435 g/mol. The fourth-order valence-electron chi connectivity index (χ4n) is 3.04. The second kappa shape index (κ2) is 9.19. The standard InChI is InChI=1S/C19H22N4O4S2/c1-3-21(4-2)16(25)12-22-14-7-9-29-17(14)18(26)23(19(22)27)11-15(24)20-10-13-6-5-8-28-13/h5-9H,3-4,10-12H2,1-2H3,(H,20,24). The van der Waals surface area contributed by atoms with E-state index < -0.39 is 23.7 Å². The Balaban J connectivity index is 1.91. The number of rotatable bonds is 8. The number of nitrogens with one attached hydrogen (secondary N) is 1. The minimum Gasteiger partial charge on any atom is -0.350 e. The summed E-state index contributed by atoms with van der Waals surface area (Å²) >= 11 is 2.70. The van der Waals surface area contributed by atoms with E-state index in [1.807, 2.05) is 31.4 Å². The molecule has 0 saturated carbocycles. The second-order valence-electron chi connectivity index (χ2n) is 6.32. The van der Waals surface area contributed by atoms with Crippen LogP contribution in [-0.4, -0.2) is 38.9 Å². The Kier molecular flexibility index (Phi) is 6.65. The van der Waals surface area contributed by atoms with Crippen molar-refractivity contribution in [3.8, 4) is 0 Å². The number of thiophene rings is 2. The lowest BCUT2D eigenvalue weighted by molar-refractivity contribution is -0.131. The molecule has 29 heavy (non-hydrogen) atoms. The van der Waals surface area contributed by atoms with E-state index in [2.05, 4.69) is 5.32 Å². The number of nitrogens with zero attached hydrogens (tertiary/aromatic N) is 3. The lowest BCUT2D eigenvalue weighted by Gasteiger charge is -2.20. The highest BCUT2D eigenvalue weighted by Crippen LogP contribution is 2.15. The fraction of sp³-hybridized carbons (Fsp3) is 0.368. The third-order valence-corrected chi connectivity index (χ3v) is 6.36. The molecule has 0 bridgehead atoms. The Morgan fingerprint density at radius 1 is 1.03 bits per heavy atom. The first kappa shape index (κ1) is 21.0. The van der Waals surface area contributed by atoms with Gasteiger partial charge in [-0.25, -0.2) is 9.36 Å². The average Bonchev–Trinajstić information content (AvgIpc) is 3.40. The minimum atomic E-state index is -0.660. The molecule has 2 amide bonds. The van der Waals surface area contributed by atoms with Gasteiger partial charge in [-0.2, -0.15) is 0 Å². The van der Waals surface area contributed by atoms with Crippen LogP contribution in [0.4, 0.5) is 0 Å². The van der Waals surface area contributed by atoms with Gasteiger partial charge in [-0.3, -0.25) is 19.0 Å². The van der Waals surface area contributed by atoms with Crippen LogP contribution in [0.3, 0.4) is 0 Å². The zero-order chi connectivity index (χ0) is 21.0. The van der Waals surface area contributed by atoms with Crippen molar-refractivity contribution in [3.05, 3.63) is 54.7 Å². The van der Waals surface area contributed by atoms with Crippen molar-refractivity contribution in [2.24, 2.45) is 0 Å². The fourth-order valence-corrected chi connectivity index (χ4v) is 4.52. The second-order valence-corrected chi connectivity index (χ2v) is 8.27. The van der Waals surface area contributed by atoms with E-state index in [9.17, 15) is 19.2 Å². The molecule has 0 fully saturated rings. The van der Waals surface area contributed by atoms with Crippen LogP contribution >= 0.6 is 22.7 Å². The van der Waals surface area contributed by atoms with Crippen molar-refractivity contribution in [2.75, 3.05) is 13.1 Å². The van der Waals surface area contributed by atoms with Crippen LogP contribution in [0.25, 0.3) is 10.2 Å². The Labute approximate surface area is 175 Å². The number of likely N-dealkylation sites (N-methyl/N-ethyl adjacent to an activating group) is 1. The van der Waals surface area contributed by atoms with Crippen molar-refractivity contribution in [1.82, 2.24) is 19.4 Å². The summed E-state index contributed by atoms with van der Waals surface area (Å²) in [5.74, 6) is -0.646. The first-order valence-corrected chi connectivity index (χ1v) is 11.0. The predicted molar refractivity (Wildman–Crippen MR) is 114 cm³/mol. The molecular formula is C19H22N4O4S2. The van der Waals surface area contributed by atoms with Crippen LogP contribution in [-0.2, 0) is 29.2 Å². The maximum absolute atomic E-state index is 13.0. The van der Waals surface area contributed by atoms with Gasteiger partial charge in [0.25, 0.3) is 5.56 Å². The molecule has 154 valence electrons. The summed E-state index contributed by atoms with van der Waals surface area (Å²) < 4.78 is 2.53. The normalized spacial score (nSPS) is 11.0. The monoisotopic (exact) mass is 434 g/mol. The van der Waals surface area contributed by atoms with Gasteiger partial charge in [0.1, 0.15) is 17.8 Å². The van der Waals surface area contributed by atoms with Gasteiger partial charge in [0.2, 0.25) is 11.8 Å². The highest BCUT2D eigenvalue weighted by molar-refractivity contribution is 7.17. The van der Waals surface area contributed by atoms with Crippen LogP contribution in [0, 0.1) is 0 Å². The Bertz CT molecular complexity index is 1120. The molecule has 3 heterocycles. The third-order valence-electron chi connectivity index (χ3n) is 4.59. The van der Waals surface area contributed by atoms with Crippen molar-refractivity contribution in [1.29, 1.82) is 0 Å². The Hall–Kier alpha value is -2.72. The highest BCUT2D eigenvalue weighted by Gasteiger charge is 2.19. The molecule has 0 unspecified atom stereocenters. The van der Waals surface area contributed by atoms with Crippen LogP contribution < -0.4 is 16.6 Å². The molecule has 0 atom stereocenters. The topological polar surface area (TPSA) is 93.4 Å². The van der Waals surface area contributed by atoms with E-state index in [-0.39, 0.29) is 12.5 Å². The molecule has 0 saturated heterocycles. The van der Waals surface area contributed by atoms with Gasteiger partial charge < -0.3 is 10.2 Å². The van der Waals surface area contributed by atoms with Gasteiger partial charge >= 0.3 is 5.69 Å². The van der Waals surface area contributed by atoms with E-state index in [0.29, 0.717) is 29.9 Å². The van der Waals surface area contributed by atoms with E-state index in [0.717, 1.165) is 9.44 Å². The van der Waals surface area contributed by atoms with Crippen LogP contribution in [0.15, 0.2) is 38.5 Å². The summed E-state index contributed by atoms with van der Waals surface area (Å²) in [6.07, 6.45) is 0. The number of hydrogen-bond donors (Lipinski definition) is 1. The molecular weight excluding hydrogens is 412 g/mol. The molecule has 10 heteroatoms. The van der Waals surface area contributed by atoms with Gasteiger partial charge in [0, 0.05) is 18.0 Å². The van der Waals surface area contributed by atoms with Crippen molar-refractivity contribution in [3.63, 3.8) is 0 Å². The van der Waals surface area contributed by atoms with E-state index in [4.69, 9.17) is 0 Å². The van der Waals surface area contributed by atoms with E-state index in [1.165, 1.54) is 27.2 Å². The third kappa shape index (κ3) is 4.48. The Morgan fingerprint density at radius 2 is 1.79 bits per heavy atom. The highest BCUT2D eigenvalue weighted by atomic mass is 32.1. The maximum Gasteiger partial charge on any atom is 0.332 e. The molecule has 3 aromatic heterocycles. The maximum atomic E-state index is 13.0. The van der Waals surface area contributed by atoms with Crippen molar-refractivity contribution >= 4 is 44.7 Å². The summed E-state index contributed by atoms with van der Waals surface area (Å²) in [6, 6.07) is 5.42. The Morgan fingerprint density at radius 3 is 2.45 bits per heavy atom. The number of carbonyl (C=O) groups excluding carboxylic acids is 2. The summed E-state index contributed by atoms with van der Waals surface area (Å²) in [4.78, 5) is 53.2. The molecule has 3 aromatic rings. The largest absolute Gasteiger partial charge is 0.350 e. The molecule has 3 rings (SSSR count). The molecule has 0 aliphatic carbocycles. The molecule has 0 aliphatic heterocycles. The lowest BCUT2D eigenvalue weighted by Crippen LogP contribution is -2.45. The minimum absolute atomic E-state index is 0.176. The lowest BCUT2D eigenvalue weighted by atomic mass is 10.4. The van der Waals surface area contributed by atoms with Gasteiger partial charge in [-0.15, -0.1) is 22.7 Å². The van der Waals surface area contributed by atoms with Gasteiger partial charge in [0.05, 0.1) is 12.1 Å². The quantitative estimate of drug-likeness (QED) is 0.581. The van der Waals surface area contributed by atoms with Crippen molar-refractivity contribution in [2.45, 2.75) is 33.5 Å². The van der Waals surface area contributed by atoms with Gasteiger partial charge in [0.15, 0.2) is 0 Å². The molecule has 0 aromatic carbocycles. The summed E-state index contributed by atoms with van der Waals surface area (Å²) in [5.41, 5.74) is -0.758.